The number of nitro benzene ring substituents is 1. The van der Waals surface area contributed by atoms with Crippen LogP contribution < -0.4 is 15.6 Å². The normalized spacial score (nSPS) is 11.2. The fourth-order valence-corrected chi connectivity index (χ4v) is 4.30. The van der Waals surface area contributed by atoms with E-state index in [0.717, 1.165) is 10.7 Å². The van der Waals surface area contributed by atoms with Crippen LogP contribution in [-0.4, -0.2) is 33.3 Å². The number of fused-ring (bicyclic) bond motifs is 1. The van der Waals surface area contributed by atoms with Gasteiger partial charge in [-0.1, -0.05) is 46.6 Å². The number of halogens is 3. The average Bonchev–Trinajstić information content (AvgIpc) is 2.89. The summed E-state index contributed by atoms with van der Waals surface area (Å²) in [5, 5.41) is 18.5. The van der Waals surface area contributed by atoms with Crippen molar-refractivity contribution in [1.29, 1.82) is 0 Å². The number of nitro groups is 1. The Morgan fingerprint density at radius 3 is 2.77 bits per heavy atom. The largest absolute Gasteiger partial charge is 0.476 e. The smallest absolute Gasteiger partial charge is 0.313 e. The zero-order valence-corrected chi connectivity index (χ0v) is 22.7. The molecule has 10 nitrogen and oxygen atoms in total. The number of aromatic nitrogens is 2. The number of nitrogens with zero attached hydrogens (tertiary/aromatic N) is 4. The summed E-state index contributed by atoms with van der Waals surface area (Å²) in [5.41, 5.74) is -0.255. The SMILES string of the molecule is CCCc1nc2ccc(Br)cc2c(=O)n1N=Cc1cc(Cl)c(OCC(=O)Nc2ccccc2F)c([N+](=O)[O-])c1. The van der Waals surface area contributed by atoms with Crippen molar-refractivity contribution in [1.82, 2.24) is 9.66 Å². The Kier molecular flexibility index (Phi) is 8.67. The molecule has 1 N–H and O–H groups in total. The van der Waals surface area contributed by atoms with Gasteiger partial charge in [0.05, 0.1) is 32.8 Å². The monoisotopic (exact) mass is 615 g/mol. The van der Waals surface area contributed by atoms with Gasteiger partial charge in [-0.25, -0.2) is 9.37 Å². The van der Waals surface area contributed by atoms with Gasteiger partial charge < -0.3 is 10.1 Å². The molecule has 0 bridgehead atoms. The quantitative estimate of drug-likeness (QED) is 0.146. The van der Waals surface area contributed by atoms with Gasteiger partial charge in [-0.3, -0.25) is 19.7 Å². The van der Waals surface area contributed by atoms with E-state index in [1.165, 1.54) is 36.5 Å². The van der Waals surface area contributed by atoms with E-state index in [1.54, 1.807) is 18.2 Å². The van der Waals surface area contributed by atoms with Gasteiger partial charge in [0.15, 0.2) is 6.61 Å². The number of para-hydroxylation sites is 1. The van der Waals surface area contributed by atoms with Gasteiger partial charge in [0.25, 0.3) is 11.5 Å². The number of rotatable bonds is 9. The number of ether oxygens (including phenoxy) is 1. The number of carbonyl (C=O) groups excluding carboxylic acids is 1. The highest BCUT2D eigenvalue weighted by molar-refractivity contribution is 9.10. The molecule has 0 aliphatic carbocycles. The predicted molar refractivity (Wildman–Crippen MR) is 149 cm³/mol. The minimum Gasteiger partial charge on any atom is -0.476 e. The molecule has 0 aliphatic rings. The van der Waals surface area contributed by atoms with Crippen LogP contribution in [0.15, 0.2) is 69.0 Å². The first-order valence-corrected chi connectivity index (χ1v) is 12.8. The van der Waals surface area contributed by atoms with Crippen LogP contribution in [0.1, 0.15) is 24.7 Å². The highest BCUT2D eigenvalue weighted by Gasteiger charge is 2.22. The van der Waals surface area contributed by atoms with Crippen LogP contribution in [-0.2, 0) is 11.2 Å². The van der Waals surface area contributed by atoms with E-state index in [0.29, 0.717) is 34.0 Å². The number of nitrogens with one attached hydrogen (secondary N) is 1. The van der Waals surface area contributed by atoms with E-state index in [1.807, 2.05) is 6.92 Å². The summed E-state index contributed by atoms with van der Waals surface area (Å²) in [5.74, 6) is -1.30. The average molecular weight is 617 g/mol. The lowest BCUT2D eigenvalue weighted by atomic mass is 10.2. The topological polar surface area (TPSA) is 129 Å². The van der Waals surface area contributed by atoms with Gasteiger partial charge >= 0.3 is 5.69 Å². The molecule has 0 saturated heterocycles. The first-order chi connectivity index (χ1) is 18.7. The summed E-state index contributed by atoms with van der Waals surface area (Å²) in [7, 11) is 0. The van der Waals surface area contributed by atoms with Crippen LogP contribution in [0.25, 0.3) is 10.9 Å². The Hall–Kier alpha value is -4.16. The third-order valence-corrected chi connectivity index (χ3v) is 6.18. The molecular weight excluding hydrogens is 597 g/mol. The number of benzene rings is 3. The van der Waals surface area contributed by atoms with E-state index < -0.39 is 34.5 Å². The molecule has 4 rings (SSSR count). The lowest BCUT2D eigenvalue weighted by Gasteiger charge is -2.11. The lowest BCUT2D eigenvalue weighted by Crippen LogP contribution is -2.22. The van der Waals surface area contributed by atoms with Crippen LogP contribution in [0.2, 0.25) is 5.02 Å². The van der Waals surface area contributed by atoms with E-state index in [-0.39, 0.29) is 22.0 Å². The Bertz CT molecular complexity index is 1680. The zero-order chi connectivity index (χ0) is 28.1. The van der Waals surface area contributed by atoms with Crippen molar-refractivity contribution in [2.45, 2.75) is 19.8 Å². The number of anilines is 1. The Morgan fingerprint density at radius 2 is 2.05 bits per heavy atom. The summed E-state index contributed by atoms with van der Waals surface area (Å²) < 4.78 is 20.9. The minimum absolute atomic E-state index is 0.0634. The summed E-state index contributed by atoms with van der Waals surface area (Å²) in [6.07, 6.45) is 2.43. The number of hydrogen-bond donors (Lipinski definition) is 1. The fourth-order valence-electron chi connectivity index (χ4n) is 3.66. The standard InChI is InChI=1S/C26H20BrClFN5O5/c1-2-5-23-31-20-9-8-16(27)12-17(20)26(36)33(23)30-13-15-10-18(28)25(22(11-15)34(37)38)39-14-24(35)32-21-7-4-3-6-19(21)29/h3-4,6-13H,2,5,14H2,1H3,(H,32,35). The summed E-state index contributed by atoms with van der Waals surface area (Å²) in [6.45, 7) is 1.28. The van der Waals surface area contributed by atoms with Gasteiger partial charge in [-0.05, 0) is 42.8 Å². The van der Waals surface area contributed by atoms with Crippen molar-refractivity contribution in [2.75, 3.05) is 11.9 Å². The van der Waals surface area contributed by atoms with Gasteiger partial charge in [-0.2, -0.15) is 9.78 Å². The second-order valence-electron chi connectivity index (χ2n) is 8.23. The Morgan fingerprint density at radius 1 is 1.28 bits per heavy atom. The first-order valence-electron chi connectivity index (χ1n) is 11.6. The molecule has 0 spiro atoms. The lowest BCUT2D eigenvalue weighted by molar-refractivity contribution is -0.385. The number of carbonyl (C=O) groups is 1. The van der Waals surface area contributed by atoms with Crippen LogP contribution in [0.3, 0.4) is 0 Å². The molecule has 0 atom stereocenters. The van der Waals surface area contributed by atoms with Crippen molar-refractivity contribution in [2.24, 2.45) is 5.10 Å². The fraction of sp³-hybridized carbons (Fsp3) is 0.154. The van der Waals surface area contributed by atoms with Crippen LogP contribution in [0.4, 0.5) is 15.8 Å². The Balaban J connectivity index is 1.62. The molecule has 39 heavy (non-hydrogen) atoms. The minimum atomic E-state index is -0.741. The second kappa shape index (κ2) is 12.1. The number of aryl methyl sites for hydroxylation is 1. The highest BCUT2D eigenvalue weighted by atomic mass is 79.9. The van der Waals surface area contributed by atoms with Crippen LogP contribution in [0, 0.1) is 15.9 Å². The summed E-state index contributed by atoms with van der Waals surface area (Å²) in [6, 6.07) is 13.2. The molecule has 4 aromatic rings. The molecule has 1 aromatic heterocycles. The summed E-state index contributed by atoms with van der Waals surface area (Å²) in [4.78, 5) is 41.0. The van der Waals surface area contributed by atoms with E-state index in [4.69, 9.17) is 16.3 Å². The molecule has 0 radical (unpaired) electrons. The predicted octanol–water partition coefficient (Wildman–Crippen LogP) is 5.71. The van der Waals surface area contributed by atoms with Crippen LogP contribution in [0.5, 0.6) is 5.75 Å². The third kappa shape index (κ3) is 6.47. The third-order valence-electron chi connectivity index (χ3n) is 5.41. The molecule has 200 valence electrons. The Labute approximate surface area is 234 Å². The van der Waals surface area contributed by atoms with Crippen molar-refractivity contribution >= 4 is 61.9 Å². The maximum absolute atomic E-state index is 13.8. The van der Waals surface area contributed by atoms with Crippen molar-refractivity contribution in [3.8, 4) is 5.75 Å². The van der Waals surface area contributed by atoms with E-state index >= 15 is 0 Å². The molecule has 0 unspecified atom stereocenters. The van der Waals surface area contributed by atoms with Gasteiger partial charge in [0.2, 0.25) is 5.75 Å². The number of hydrogen-bond acceptors (Lipinski definition) is 7. The maximum Gasteiger partial charge on any atom is 0.313 e. The highest BCUT2D eigenvalue weighted by Crippen LogP contribution is 2.36. The molecule has 13 heteroatoms. The second-order valence-corrected chi connectivity index (χ2v) is 9.55. The molecule has 1 amide bonds. The number of amides is 1. The van der Waals surface area contributed by atoms with Gasteiger partial charge in [0, 0.05) is 22.5 Å². The molecule has 0 aliphatic heterocycles. The van der Waals surface area contributed by atoms with Crippen molar-refractivity contribution < 1.29 is 18.8 Å². The van der Waals surface area contributed by atoms with Crippen molar-refractivity contribution in [3.05, 3.63) is 102 Å². The molecule has 0 saturated carbocycles. The van der Waals surface area contributed by atoms with Gasteiger partial charge in [-0.15, -0.1) is 0 Å². The molecule has 0 fully saturated rings. The van der Waals surface area contributed by atoms with E-state index in [9.17, 15) is 24.1 Å². The molecule has 3 aromatic carbocycles. The molecule has 1 heterocycles. The maximum atomic E-state index is 13.8. The molecular formula is C26H20BrClFN5O5. The van der Waals surface area contributed by atoms with Crippen LogP contribution >= 0.6 is 27.5 Å². The van der Waals surface area contributed by atoms with E-state index in [2.05, 4.69) is 31.3 Å². The zero-order valence-electron chi connectivity index (χ0n) is 20.4. The summed E-state index contributed by atoms with van der Waals surface area (Å²) >= 11 is 9.62. The van der Waals surface area contributed by atoms with Gasteiger partial charge in [0.1, 0.15) is 11.6 Å². The first kappa shape index (κ1) is 27.9. The van der Waals surface area contributed by atoms with Crippen molar-refractivity contribution in [3.63, 3.8) is 0 Å².